The van der Waals surface area contributed by atoms with E-state index in [1.807, 2.05) is 24.4 Å². The van der Waals surface area contributed by atoms with Crippen molar-refractivity contribution in [2.75, 3.05) is 7.11 Å². The second-order valence-electron chi connectivity index (χ2n) is 4.89. The Balaban J connectivity index is 2.17. The van der Waals surface area contributed by atoms with Crippen molar-refractivity contribution in [2.45, 2.75) is 0 Å². The fraction of sp³-hybridized carbons (Fsp3) is 0.0556. The van der Waals surface area contributed by atoms with Crippen molar-refractivity contribution in [3.63, 3.8) is 0 Å². The summed E-state index contributed by atoms with van der Waals surface area (Å²) >= 11 is 0. The van der Waals surface area contributed by atoms with E-state index < -0.39 is 0 Å². The van der Waals surface area contributed by atoms with Gasteiger partial charge in [-0.05, 0) is 34.4 Å². The van der Waals surface area contributed by atoms with Gasteiger partial charge in [0.1, 0.15) is 5.75 Å². The van der Waals surface area contributed by atoms with Crippen LogP contribution in [0.4, 0.5) is 0 Å². The molecule has 0 saturated heterocycles. The van der Waals surface area contributed by atoms with Crippen LogP contribution < -0.4 is 4.74 Å². The molecule has 1 heterocycles. The molecule has 0 aliphatic rings. The van der Waals surface area contributed by atoms with Gasteiger partial charge >= 0.3 is 0 Å². The Kier molecular flexibility index (Phi) is 2.36. The molecule has 96 valence electrons. The number of nitrogens with zero attached hydrogens (tertiary/aromatic N) is 1. The molecule has 3 aromatic carbocycles. The normalized spacial score (nSPS) is 11.2. The first-order valence-corrected chi connectivity index (χ1v) is 6.61. The van der Waals surface area contributed by atoms with Gasteiger partial charge in [-0.1, -0.05) is 36.4 Å². The number of hydrogen-bond acceptors (Lipinski definition) is 2. The van der Waals surface area contributed by atoms with Crippen molar-refractivity contribution >= 4 is 32.4 Å². The topological polar surface area (TPSA) is 22.1 Å². The quantitative estimate of drug-likeness (QED) is 0.468. The molecule has 0 unspecified atom stereocenters. The van der Waals surface area contributed by atoms with Crippen molar-refractivity contribution in [3.8, 4) is 5.75 Å². The lowest BCUT2D eigenvalue weighted by Gasteiger charge is -2.08. The molecule has 0 amide bonds. The highest BCUT2D eigenvalue weighted by atomic mass is 16.5. The Labute approximate surface area is 116 Å². The molecule has 0 atom stereocenters. The van der Waals surface area contributed by atoms with Crippen LogP contribution in [0.1, 0.15) is 0 Å². The molecule has 4 rings (SSSR count). The van der Waals surface area contributed by atoms with Crippen LogP contribution in [0.3, 0.4) is 0 Å². The second-order valence-corrected chi connectivity index (χ2v) is 4.89. The van der Waals surface area contributed by atoms with E-state index in [0.29, 0.717) is 0 Å². The van der Waals surface area contributed by atoms with Gasteiger partial charge in [0.15, 0.2) is 0 Å². The summed E-state index contributed by atoms with van der Waals surface area (Å²) in [6.07, 6.45) is 1.96. The predicted molar refractivity (Wildman–Crippen MR) is 83.3 cm³/mol. The fourth-order valence-corrected chi connectivity index (χ4v) is 2.78. The summed E-state index contributed by atoms with van der Waals surface area (Å²) in [4.78, 5) is 4.57. The SMILES string of the molecule is COc1ccc2c(ccc3c4ccccc4ncc23)c1. The van der Waals surface area contributed by atoms with E-state index in [-0.39, 0.29) is 0 Å². The Hall–Kier alpha value is -2.61. The van der Waals surface area contributed by atoms with Crippen LogP contribution in [0.25, 0.3) is 32.4 Å². The van der Waals surface area contributed by atoms with Gasteiger partial charge in [0, 0.05) is 17.0 Å². The summed E-state index contributed by atoms with van der Waals surface area (Å²) in [5, 5.41) is 6.01. The zero-order valence-electron chi connectivity index (χ0n) is 11.1. The molecule has 2 nitrogen and oxygen atoms in total. The van der Waals surface area contributed by atoms with Crippen LogP contribution in [0.5, 0.6) is 5.75 Å². The number of hydrogen-bond donors (Lipinski definition) is 0. The summed E-state index contributed by atoms with van der Waals surface area (Å²) < 4.78 is 5.29. The third-order valence-corrected chi connectivity index (χ3v) is 3.80. The van der Waals surface area contributed by atoms with Crippen LogP contribution in [0, 0.1) is 0 Å². The molecule has 0 radical (unpaired) electrons. The maximum Gasteiger partial charge on any atom is 0.119 e. The monoisotopic (exact) mass is 259 g/mol. The van der Waals surface area contributed by atoms with Crippen molar-refractivity contribution in [3.05, 3.63) is 60.8 Å². The first-order valence-electron chi connectivity index (χ1n) is 6.61. The van der Waals surface area contributed by atoms with E-state index in [0.717, 1.165) is 11.3 Å². The molecular formula is C18H13NO. The van der Waals surface area contributed by atoms with Gasteiger partial charge in [-0.15, -0.1) is 0 Å². The lowest BCUT2D eigenvalue weighted by Crippen LogP contribution is -1.85. The van der Waals surface area contributed by atoms with E-state index in [1.165, 1.54) is 26.9 Å². The van der Waals surface area contributed by atoms with Crippen molar-refractivity contribution in [1.82, 2.24) is 4.98 Å². The van der Waals surface area contributed by atoms with E-state index in [1.54, 1.807) is 7.11 Å². The minimum absolute atomic E-state index is 0.880. The van der Waals surface area contributed by atoms with Gasteiger partial charge in [-0.25, -0.2) is 0 Å². The largest absolute Gasteiger partial charge is 0.497 e. The average molecular weight is 259 g/mol. The molecule has 0 spiro atoms. The number of para-hydroxylation sites is 1. The molecule has 0 aliphatic heterocycles. The lowest BCUT2D eigenvalue weighted by atomic mass is 10.0. The summed E-state index contributed by atoms with van der Waals surface area (Å²) in [5.41, 5.74) is 1.04. The molecule has 0 saturated carbocycles. The zero-order chi connectivity index (χ0) is 13.5. The van der Waals surface area contributed by atoms with Gasteiger partial charge in [0.05, 0.1) is 12.6 Å². The summed E-state index contributed by atoms with van der Waals surface area (Å²) in [5.74, 6) is 0.880. The van der Waals surface area contributed by atoms with E-state index in [4.69, 9.17) is 4.74 Å². The molecule has 1 aromatic heterocycles. The van der Waals surface area contributed by atoms with Gasteiger partial charge in [0.2, 0.25) is 0 Å². The predicted octanol–water partition coefficient (Wildman–Crippen LogP) is 4.55. The van der Waals surface area contributed by atoms with E-state index in [9.17, 15) is 0 Å². The average Bonchev–Trinajstić information content (AvgIpc) is 2.53. The van der Waals surface area contributed by atoms with Gasteiger partial charge in [-0.3, -0.25) is 4.98 Å². The van der Waals surface area contributed by atoms with Crippen LogP contribution in [0.2, 0.25) is 0 Å². The zero-order valence-corrected chi connectivity index (χ0v) is 11.1. The standard InChI is InChI=1S/C18H13NO/c1-20-13-7-9-14-12(10-13)6-8-15-16-4-2-3-5-18(16)19-11-17(14)15/h2-11H,1H3. The highest BCUT2D eigenvalue weighted by Crippen LogP contribution is 2.31. The van der Waals surface area contributed by atoms with Crippen LogP contribution in [-0.2, 0) is 0 Å². The number of benzene rings is 3. The Morgan fingerprint density at radius 1 is 0.800 bits per heavy atom. The number of rotatable bonds is 1. The van der Waals surface area contributed by atoms with Crippen molar-refractivity contribution in [1.29, 1.82) is 0 Å². The summed E-state index contributed by atoms with van der Waals surface area (Å²) in [6, 6.07) is 18.7. The van der Waals surface area contributed by atoms with Crippen molar-refractivity contribution in [2.24, 2.45) is 0 Å². The molecule has 2 heteroatoms. The van der Waals surface area contributed by atoms with Gasteiger partial charge < -0.3 is 4.74 Å². The number of aromatic nitrogens is 1. The van der Waals surface area contributed by atoms with E-state index in [2.05, 4.69) is 41.4 Å². The first-order chi connectivity index (χ1) is 9.86. The summed E-state index contributed by atoms with van der Waals surface area (Å²) in [6.45, 7) is 0. The lowest BCUT2D eigenvalue weighted by molar-refractivity contribution is 0.415. The fourth-order valence-electron chi connectivity index (χ4n) is 2.78. The highest BCUT2D eigenvalue weighted by Gasteiger charge is 2.05. The minimum atomic E-state index is 0.880. The molecule has 0 fully saturated rings. The highest BCUT2D eigenvalue weighted by molar-refractivity contribution is 6.16. The van der Waals surface area contributed by atoms with E-state index >= 15 is 0 Å². The molecule has 0 N–H and O–H groups in total. The molecular weight excluding hydrogens is 246 g/mol. The number of methoxy groups -OCH3 is 1. The molecule has 0 bridgehead atoms. The Bertz CT molecular complexity index is 944. The maximum absolute atomic E-state index is 5.29. The third-order valence-electron chi connectivity index (χ3n) is 3.80. The number of ether oxygens (including phenoxy) is 1. The Morgan fingerprint density at radius 3 is 2.55 bits per heavy atom. The molecule has 0 aliphatic carbocycles. The van der Waals surface area contributed by atoms with Crippen LogP contribution in [0.15, 0.2) is 60.8 Å². The smallest absolute Gasteiger partial charge is 0.119 e. The van der Waals surface area contributed by atoms with Crippen LogP contribution >= 0.6 is 0 Å². The number of fused-ring (bicyclic) bond motifs is 5. The Morgan fingerprint density at radius 2 is 1.65 bits per heavy atom. The van der Waals surface area contributed by atoms with Crippen molar-refractivity contribution < 1.29 is 4.74 Å². The van der Waals surface area contributed by atoms with Crippen LogP contribution in [-0.4, -0.2) is 12.1 Å². The van der Waals surface area contributed by atoms with Gasteiger partial charge in [-0.2, -0.15) is 0 Å². The molecule has 20 heavy (non-hydrogen) atoms. The minimum Gasteiger partial charge on any atom is -0.497 e. The van der Waals surface area contributed by atoms with Gasteiger partial charge in [0.25, 0.3) is 0 Å². The number of pyridine rings is 1. The second kappa shape index (κ2) is 4.20. The maximum atomic E-state index is 5.29. The first kappa shape index (κ1) is 11.2. The molecule has 4 aromatic rings. The third kappa shape index (κ3) is 1.55. The summed E-state index contributed by atoms with van der Waals surface area (Å²) in [7, 11) is 1.69.